The second-order valence-corrected chi connectivity index (χ2v) is 7.82. The number of aromatic nitrogens is 2. The summed E-state index contributed by atoms with van der Waals surface area (Å²) in [5.41, 5.74) is 7.80. The largest absolute Gasteiger partial charge is 0.382 e. The predicted octanol–water partition coefficient (Wildman–Crippen LogP) is 3.59. The molecule has 0 aliphatic carbocycles. The van der Waals surface area contributed by atoms with Crippen molar-refractivity contribution in [2.75, 3.05) is 5.73 Å². The molecule has 0 amide bonds. The van der Waals surface area contributed by atoms with Crippen molar-refractivity contribution in [1.82, 2.24) is 9.97 Å². The average molecular weight is 340 g/mol. The van der Waals surface area contributed by atoms with E-state index in [4.69, 9.17) is 11.0 Å². The maximum Gasteiger partial charge on any atom is 0.190 e. The number of rotatable bonds is 4. The molecule has 0 bridgehead atoms. The molecule has 2 N–H and O–H groups in total. The maximum absolute atomic E-state index is 12.6. The van der Waals surface area contributed by atoms with E-state index in [0.29, 0.717) is 10.7 Å². The van der Waals surface area contributed by atoms with Gasteiger partial charge < -0.3 is 5.73 Å². The van der Waals surface area contributed by atoms with Crippen LogP contribution in [0.2, 0.25) is 0 Å². The fraction of sp³-hybridized carbons (Fsp3) is 0.333. The summed E-state index contributed by atoms with van der Waals surface area (Å²) in [7, 11) is 0. The van der Waals surface area contributed by atoms with Crippen LogP contribution in [0.4, 0.5) is 5.82 Å². The second kappa shape index (κ2) is 7.02. The number of ketones is 1. The number of nitrogens with zero attached hydrogens (tertiary/aromatic N) is 3. The van der Waals surface area contributed by atoms with Crippen LogP contribution in [-0.2, 0) is 5.41 Å². The van der Waals surface area contributed by atoms with Crippen molar-refractivity contribution in [3.05, 3.63) is 47.2 Å². The number of benzene rings is 1. The zero-order valence-corrected chi connectivity index (χ0v) is 15.0. The lowest BCUT2D eigenvalue weighted by Gasteiger charge is -2.19. The van der Waals surface area contributed by atoms with Gasteiger partial charge in [0.2, 0.25) is 0 Å². The Bertz CT molecular complexity index is 788. The molecule has 0 saturated carbocycles. The first-order chi connectivity index (χ1) is 11.2. The fourth-order valence-electron chi connectivity index (χ4n) is 2.10. The highest BCUT2D eigenvalue weighted by molar-refractivity contribution is 8.00. The third-order valence-corrected chi connectivity index (χ3v) is 4.58. The number of nitriles is 1. The van der Waals surface area contributed by atoms with Crippen LogP contribution in [0.5, 0.6) is 0 Å². The van der Waals surface area contributed by atoms with Gasteiger partial charge in [0.15, 0.2) is 10.9 Å². The van der Waals surface area contributed by atoms with Crippen LogP contribution < -0.4 is 5.73 Å². The van der Waals surface area contributed by atoms with Crippen LogP contribution in [0, 0.1) is 11.3 Å². The molecule has 24 heavy (non-hydrogen) atoms. The van der Waals surface area contributed by atoms with Gasteiger partial charge in [-0.25, -0.2) is 9.97 Å². The van der Waals surface area contributed by atoms with Gasteiger partial charge in [-0.3, -0.25) is 4.79 Å². The first-order valence-corrected chi connectivity index (χ1v) is 8.44. The van der Waals surface area contributed by atoms with Crippen LogP contribution in [-0.4, -0.2) is 21.0 Å². The van der Waals surface area contributed by atoms with Crippen molar-refractivity contribution in [2.24, 2.45) is 0 Å². The van der Waals surface area contributed by atoms with E-state index in [2.05, 4.69) is 30.7 Å². The maximum atomic E-state index is 12.6. The van der Waals surface area contributed by atoms with Gasteiger partial charge in [0.25, 0.3) is 0 Å². The molecule has 0 aliphatic rings. The number of hydrogen-bond donors (Lipinski definition) is 1. The van der Waals surface area contributed by atoms with Gasteiger partial charge in [0.1, 0.15) is 17.5 Å². The van der Waals surface area contributed by atoms with Gasteiger partial charge in [0.05, 0.1) is 11.4 Å². The highest BCUT2D eigenvalue weighted by Crippen LogP contribution is 2.26. The van der Waals surface area contributed by atoms with E-state index in [1.807, 2.05) is 37.3 Å². The van der Waals surface area contributed by atoms with E-state index < -0.39 is 0 Å². The van der Waals surface area contributed by atoms with Crippen molar-refractivity contribution in [2.45, 2.75) is 43.5 Å². The molecule has 1 unspecified atom stereocenters. The predicted molar refractivity (Wildman–Crippen MR) is 96.0 cm³/mol. The molecule has 0 fully saturated rings. The first kappa shape index (κ1) is 18.0. The summed E-state index contributed by atoms with van der Waals surface area (Å²) in [4.78, 5) is 20.7. The van der Waals surface area contributed by atoms with E-state index in [9.17, 15) is 4.79 Å². The Balaban J connectivity index is 2.12. The summed E-state index contributed by atoms with van der Waals surface area (Å²) in [6.07, 6.45) is 1.37. The summed E-state index contributed by atoms with van der Waals surface area (Å²) in [6.45, 7) is 8.21. The van der Waals surface area contributed by atoms with Crippen LogP contribution >= 0.6 is 11.8 Å². The highest BCUT2D eigenvalue weighted by atomic mass is 32.2. The minimum atomic E-state index is -0.349. The quantitative estimate of drug-likeness (QED) is 0.519. The molecule has 1 heterocycles. The summed E-state index contributed by atoms with van der Waals surface area (Å²) in [5, 5.41) is 8.88. The molecule has 1 aromatic heterocycles. The molecule has 2 aromatic rings. The molecular weight excluding hydrogens is 320 g/mol. The molecule has 0 radical (unpaired) electrons. The molecule has 2 rings (SSSR count). The second-order valence-electron chi connectivity index (χ2n) is 6.51. The molecule has 1 atom stereocenters. The molecule has 0 aliphatic heterocycles. The number of carbonyl (C=O) groups is 1. The molecule has 0 saturated heterocycles. The van der Waals surface area contributed by atoms with Crippen molar-refractivity contribution < 1.29 is 4.79 Å². The number of nitrogen functional groups attached to an aromatic ring is 1. The van der Waals surface area contributed by atoms with E-state index in [1.54, 1.807) is 0 Å². The summed E-state index contributed by atoms with van der Waals surface area (Å²) >= 11 is 1.23. The Hall–Kier alpha value is -2.39. The van der Waals surface area contributed by atoms with Gasteiger partial charge in [-0.1, -0.05) is 56.8 Å². The Morgan fingerprint density at radius 3 is 2.42 bits per heavy atom. The van der Waals surface area contributed by atoms with Crippen molar-refractivity contribution in [3.63, 3.8) is 0 Å². The minimum Gasteiger partial charge on any atom is -0.382 e. The number of anilines is 1. The number of nitrogens with two attached hydrogens (primary N) is 1. The summed E-state index contributed by atoms with van der Waals surface area (Å²) in [5.74, 6) is 0.135. The number of hydrogen-bond acceptors (Lipinski definition) is 6. The standard InChI is InChI=1S/C18H20N4OS/c1-11(24-17-21-10-13(9-19)16(20)22-17)15(23)12-5-7-14(8-6-12)18(2,3)4/h5-8,10-11H,1-4H3,(H2,20,21,22). The lowest BCUT2D eigenvalue weighted by molar-refractivity contribution is 0.0994. The third-order valence-electron chi connectivity index (χ3n) is 3.60. The van der Waals surface area contributed by atoms with Crippen LogP contribution in [0.3, 0.4) is 0 Å². The topological polar surface area (TPSA) is 92.7 Å². The van der Waals surface area contributed by atoms with Gasteiger partial charge >= 0.3 is 0 Å². The molecule has 1 aromatic carbocycles. The third kappa shape index (κ3) is 4.12. The average Bonchev–Trinajstić information content (AvgIpc) is 2.53. The molecule has 6 heteroatoms. The zero-order chi connectivity index (χ0) is 17.9. The van der Waals surface area contributed by atoms with Crippen molar-refractivity contribution >= 4 is 23.4 Å². The Labute approximate surface area is 146 Å². The zero-order valence-electron chi connectivity index (χ0n) is 14.2. The van der Waals surface area contributed by atoms with E-state index >= 15 is 0 Å². The number of thioether (sulfide) groups is 1. The van der Waals surface area contributed by atoms with Crippen LogP contribution in [0.1, 0.15) is 49.2 Å². The Morgan fingerprint density at radius 2 is 1.92 bits per heavy atom. The van der Waals surface area contributed by atoms with E-state index in [1.165, 1.54) is 23.5 Å². The van der Waals surface area contributed by atoms with Crippen molar-refractivity contribution in [3.8, 4) is 6.07 Å². The molecule has 5 nitrogen and oxygen atoms in total. The van der Waals surface area contributed by atoms with E-state index in [-0.39, 0.29) is 27.8 Å². The Kier molecular flexibility index (Phi) is 5.25. The van der Waals surface area contributed by atoms with Gasteiger partial charge in [-0.05, 0) is 17.9 Å². The molecular formula is C18H20N4OS. The van der Waals surface area contributed by atoms with Crippen molar-refractivity contribution in [1.29, 1.82) is 5.26 Å². The van der Waals surface area contributed by atoms with E-state index in [0.717, 1.165) is 0 Å². The number of carbonyl (C=O) groups excluding carboxylic acids is 1. The molecule has 0 spiro atoms. The lowest BCUT2D eigenvalue weighted by Crippen LogP contribution is -2.16. The fourth-order valence-corrected chi connectivity index (χ4v) is 2.93. The van der Waals surface area contributed by atoms with Gasteiger partial charge in [-0.15, -0.1) is 0 Å². The monoisotopic (exact) mass is 340 g/mol. The van der Waals surface area contributed by atoms with Gasteiger partial charge in [0, 0.05) is 5.56 Å². The highest BCUT2D eigenvalue weighted by Gasteiger charge is 2.20. The molecule has 124 valence electrons. The number of Topliss-reactive ketones (excluding diaryl/α,β-unsaturated/α-hetero) is 1. The summed E-state index contributed by atoms with van der Waals surface area (Å²) < 4.78 is 0. The smallest absolute Gasteiger partial charge is 0.190 e. The van der Waals surface area contributed by atoms with Crippen LogP contribution in [0.15, 0.2) is 35.6 Å². The Morgan fingerprint density at radius 1 is 1.29 bits per heavy atom. The first-order valence-electron chi connectivity index (χ1n) is 7.56. The normalized spacial score (nSPS) is 12.5. The van der Waals surface area contributed by atoms with Crippen LogP contribution in [0.25, 0.3) is 0 Å². The lowest BCUT2D eigenvalue weighted by atomic mass is 9.86. The SMILES string of the molecule is CC(Sc1ncc(C#N)c(N)n1)C(=O)c1ccc(C(C)(C)C)cc1. The summed E-state index contributed by atoms with van der Waals surface area (Å²) in [6, 6.07) is 9.60. The van der Waals surface area contributed by atoms with Gasteiger partial charge in [-0.2, -0.15) is 5.26 Å². The minimum absolute atomic E-state index is 0.00647.